The molecule has 2 aromatic rings. The second-order valence-electron chi connectivity index (χ2n) is 11.6. The lowest BCUT2D eigenvalue weighted by molar-refractivity contribution is -0.143. The highest BCUT2D eigenvalue weighted by Gasteiger charge is 2.42. The summed E-state index contributed by atoms with van der Waals surface area (Å²) in [6, 6.07) is 4.43. The van der Waals surface area contributed by atoms with Crippen molar-refractivity contribution in [3.05, 3.63) is 46.4 Å². The Morgan fingerprint density at radius 3 is 2.77 bits per heavy atom. The van der Waals surface area contributed by atoms with E-state index in [2.05, 4.69) is 18.3 Å². The molecule has 0 unspecified atom stereocenters. The molecule has 2 aliphatic heterocycles. The highest BCUT2D eigenvalue weighted by molar-refractivity contribution is 5.77. The molecule has 1 aromatic heterocycles. The number of unbranched alkanes of at least 4 members (excludes halogenated alkanes) is 2. The van der Waals surface area contributed by atoms with E-state index < -0.39 is 17.8 Å². The highest BCUT2D eigenvalue weighted by atomic mass is 19.1. The summed E-state index contributed by atoms with van der Waals surface area (Å²) < 4.78 is 32.1. The molecule has 0 bridgehead atoms. The minimum Gasteiger partial charge on any atom is -0.496 e. The van der Waals surface area contributed by atoms with Gasteiger partial charge < -0.3 is 24.6 Å². The number of rotatable bonds is 13. The van der Waals surface area contributed by atoms with Crippen molar-refractivity contribution >= 4 is 11.8 Å². The predicted molar refractivity (Wildman–Crippen MR) is 151 cm³/mol. The standard InChI is InChI=1S/C31H42FN3O5/c1-31(11-12-31)20-16-24(28(39-3)25(32)17-20)27(30(36)37)35-14-10-22(19-35)40-15-6-4-5-8-21-18-26(38-2)23-9-7-13-33-29(23)34-21/h16-18,22,27H,4-15,19H2,1-3H3,(H,33,34)(H,36,37)/t22-,27-/m1/s1. The molecular formula is C31H42FN3O5. The van der Waals surface area contributed by atoms with Crippen molar-refractivity contribution in [2.24, 2.45) is 0 Å². The van der Waals surface area contributed by atoms with E-state index in [0.717, 1.165) is 87.2 Å². The number of likely N-dealkylation sites (tertiary alicyclic amines) is 1. The number of aliphatic carboxylic acids is 1. The zero-order chi connectivity index (χ0) is 28.3. The van der Waals surface area contributed by atoms with E-state index in [9.17, 15) is 14.3 Å². The molecule has 0 amide bonds. The number of carboxylic acid groups (broad SMARTS) is 1. The van der Waals surface area contributed by atoms with Gasteiger partial charge in [-0.3, -0.25) is 9.69 Å². The number of hydrogen-bond donors (Lipinski definition) is 2. The average Bonchev–Trinajstić information content (AvgIpc) is 3.54. The second kappa shape index (κ2) is 12.3. The van der Waals surface area contributed by atoms with Crippen LogP contribution < -0.4 is 14.8 Å². The fraction of sp³-hybridized carbons (Fsp3) is 0.613. The van der Waals surface area contributed by atoms with Gasteiger partial charge in [-0.15, -0.1) is 0 Å². The van der Waals surface area contributed by atoms with Gasteiger partial charge in [-0.1, -0.05) is 13.3 Å². The first-order valence-corrected chi connectivity index (χ1v) is 14.6. The van der Waals surface area contributed by atoms with E-state index in [1.54, 1.807) is 7.11 Å². The second-order valence-corrected chi connectivity index (χ2v) is 11.6. The van der Waals surface area contributed by atoms with Crippen molar-refractivity contribution in [3.8, 4) is 11.5 Å². The van der Waals surface area contributed by atoms with Gasteiger partial charge in [-0.05, 0) is 74.5 Å². The number of halogens is 1. The molecule has 8 nitrogen and oxygen atoms in total. The van der Waals surface area contributed by atoms with E-state index in [1.165, 1.54) is 18.7 Å². The number of ether oxygens (including phenoxy) is 3. The SMILES string of the molecule is COc1cc(CCCCCO[C@@H]2CCN([C@@H](C(=O)O)c3cc(C4(C)CC4)cc(F)c3OC)C2)nc2c1CCCN2. The number of aromatic nitrogens is 1. The smallest absolute Gasteiger partial charge is 0.325 e. The number of methoxy groups -OCH3 is 2. The van der Waals surface area contributed by atoms with Crippen LogP contribution in [0.25, 0.3) is 0 Å². The third-order valence-corrected chi connectivity index (χ3v) is 8.73. The molecule has 40 heavy (non-hydrogen) atoms. The molecule has 9 heteroatoms. The fourth-order valence-corrected chi connectivity index (χ4v) is 6.07. The molecule has 1 saturated carbocycles. The number of pyridine rings is 1. The third kappa shape index (κ3) is 6.20. The van der Waals surface area contributed by atoms with Crippen LogP contribution in [0.15, 0.2) is 18.2 Å². The van der Waals surface area contributed by atoms with Crippen LogP contribution in [0.2, 0.25) is 0 Å². The molecule has 1 saturated heterocycles. The minimum atomic E-state index is -1.00. The number of hydrogen-bond acceptors (Lipinski definition) is 7. The van der Waals surface area contributed by atoms with Crippen molar-refractivity contribution in [1.82, 2.24) is 9.88 Å². The lowest BCUT2D eigenvalue weighted by Gasteiger charge is -2.27. The summed E-state index contributed by atoms with van der Waals surface area (Å²) in [5, 5.41) is 13.6. The largest absolute Gasteiger partial charge is 0.496 e. The number of nitrogens with zero attached hydrogens (tertiary/aromatic N) is 2. The van der Waals surface area contributed by atoms with Crippen LogP contribution in [0.4, 0.5) is 10.2 Å². The Kier molecular flexibility index (Phi) is 8.80. The molecule has 0 radical (unpaired) electrons. The molecule has 2 fully saturated rings. The van der Waals surface area contributed by atoms with Crippen molar-refractivity contribution in [3.63, 3.8) is 0 Å². The number of aryl methyl sites for hydroxylation is 1. The Labute approximate surface area is 236 Å². The quantitative estimate of drug-likeness (QED) is 0.323. The molecule has 2 atom stereocenters. The van der Waals surface area contributed by atoms with Crippen LogP contribution in [0.5, 0.6) is 11.5 Å². The zero-order valence-corrected chi connectivity index (χ0v) is 23.9. The zero-order valence-electron chi connectivity index (χ0n) is 23.9. The van der Waals surface area contributed by atoms with Crippen LogP contribution in [-0.4, -0.2) is 67.5 Å². The fourth-order valence-electron chi connectivity index (χ4n) is 6.07. The van der Waals surface area contributed by atoms with E-state index in [1.807, 2.05) is 11.0 Å². The molecule has 1 aromatic carbocycles. The number of anilines is 1. The summed E-state index contributed by atoms with van der Waals surface area (Å²) in [6.07, 6.45) is 8.60. The summed E-state index contributed by atoms with van der Waals surface area (Å²) in [5.41, 5.74) is 3.38. The lowest BCUT2D eigenvalue weighted by Crippen LogP contribution is -2.34. The number of carbonyl (C=O) groups is 1. The Morgan fingerprint density at radius 2 is 2.05 bits per heavy atom. The summed E-state index contributed by atoms with van der Waals surface area (Å²) in [5.74, 6) is 0.408. The van der Waals surface area contributed by atoms with Gasteiger partial charge >= 0.3 is 5.97 Å². The van der Waals surface area contributed by atoms with Crippen molar-refractivity contribution in [2.75, 3.05) is 45.8 Å². The normalized spacial score (nSPS) is 20.4. The van der Waals surface area contributed by atoms with E-state index >= 15 is 0 Å². The van der Waals surface area contributed by atoms with Gasteiger partial charge in [0, 0.05) is 49.1 Å². The van der Waals surface area contributed by atoms with Crippen molar-refractivity contribution in [2.45, 2.75) is 82.3 Å². The number of nitrogens with one attached hydrogen (secondary N) is 1. The maximum absolute atomic E-state index is 15.0. The monoisotopic (exact) mass is 555 g/mol. The summed E-state index contributed by atoms with van der Waals surface area (Å²) in [7, 11) is 3.11. The summed E-state index contributed by atoms with van der Waals surface area (Å²) in [6.45, 7) is 4.74. The van der Waals surface area contributed by atoms with Crippen molar-refractivity contribution in [1.29, 1.82) is 0 Å². The van der Waals surface area contributed by atoms with Gasteiger partial charge in [-0.25, -0.2) is 9.37 Å². The number of carboxylic acids is 1. The molecule has 2 N–H and O–H groups in total. The Bertz CT molecular complexity index is 1200. The predicted octanol–water partition coefficient (Wildman–Crippen LogP) is 5.28. The molecule has 3 heterocycles. The first-order valence-electron chi connectivity index (χ1n) is 14.6. The molecule has 3 aliphatic rings. The van der Waals surface area contributed by atoms with Gasteiger partial charge in [0.1, 0.15) is 17.6 Å². The third-order valence-electron chi connectivity index (χ3n) is 8.73. The van der Waals surface area contributed by atoms with E-state index in [-0.39, 0.29) is 17.3 Å². The lowest BCUT2D eigenvalue weighted by atomic mass is 9.92. The first kappa shape index (κ1) is 28.6. The number of fused-ring (bicyclic) bond motifs is 1. The molecule has 0 spiro atoms. The van der Waals surface area contributed by atoms with Gasteiger partial charge in [-0.2, -0.15) is 0 Å². The Hall–Kier alpha value is -2.91. The maximum atomic E-state index is 15.0. The van der Waals surface area contributed by atoms with E-state index in [4.69, 9.17) is 19.2 Å². The van der Waals surface area contributed by atoms with Gasteiger partial charge in [0.15, 0.2) is 11.6 Å². The Morgan fingerprint density at radius 1 is 1.23 bits per heavy atom. The van der Waals surface area contributed by atoms with Crippen molar-refractivity contribution < 1.29 is 28.5 Å². The molecular weight excluding hydrogens is 513 g/mol. The topological polar surface area (TPSA) is 93.2 Å². The first-order chi connectivity index (χ1) is 19.3. The van der Waals surface area contributed by atoms with E-state index in [0.29, 0.717) is 25.3 Å². The Balaban J connectivity index is 1.11. The minimum absolute atomic E-state index is 0.0200. The van der Waals surface area contributed by atoms with Gasteiger partial charge in [0.2, 0.25) is 0 Å². The molecule has 218 valence electrons. The number of benzene rings is 1. The van der Waals surface area contributed by atoms with Crippen LogP contribution >= 0.6 is 0 Å². The molecule has 1 aliphatic carbocycles. The van der Waals surface area contributed by atoms with Crippen LogP contribution in [-0.2, 0) is 27.8 Å². The highest BCUT2D eigenvalue weighted by Crippen LogP contribution is 2.49. The summed E-state index contributed by atoms with van der Waals surface area (Å²) in [4.78, 5) is 19.1. The molecule has 5 rings (SSSR count). The van der Waals surface area contributed by atoms with Crippen LogP contribution in [0.3, 0.4) is 0 Å². The van der Waals surface area contributed by atoms with Crippen LogP contribution in [0.1, 0.15) is 80.3 Å². The van der Waals surface area contributed by atoms with Gasteiger partial charge in [0.25, 0.3) is 0 Å². The maximum Gasteiger partial charge on any atom is 0.325 e. The average molecular weight is 556 g/mol. The summed E-state index contributed by atoms with van der Waals surface area (Å²) >= 11 is 0. The van der Waals surface area contributed by atoms with Gasteiger partial charge in [0.05, 0.1) is 20.3 Å². The van der Waals surface area contributed by atoms with Crippen LogP contribution in [0, 0.1) is 5.82 Å².